The lowest BCUT2D eigenvalue weighted by molar-refractivity contribution is -0.117. The van der Waals surface area contributed by atoms with Crippen LogP contribution in [0.25, 0.3) is 10.9 Å². The lowest BCUT2D eigenvalue weighted by Gasteiger charge is -2.15. The van der Waals surface area contributed by atoms with Gasteiger partial charge >= 0.3 is 6.03 Å². The Morgan fingerprint density at radius 1 is 1.30 bits per heavy atom. The van der Waals surface area contributed by atoms with Gasteiger partial charge in [-0.1, -0.05) is 30.3 Å². The van der Waals surface area contributed by atoms with Gasteiger partial charge in [-0.15, -0.1) is 0 Å². The zero-order valence-electron chi connectivity index (χ0n) is 14.9. The molecule has 0 radical (unpaired) electrons. The van der Waals surface area contributed by atoms with Crippen molar-refractivity contribution in [2.75, 3.05) is 16.8 Å². The maximum Gasteiger partial charge on any atom is 0.320 e. The topological polar surface area (TPSA) is 103 Å². The van der Waals surface area contributed by atoms with Crippen LogP contribution in [0.4, 0.5) is 16.4 Å². The second-order valence-electron chi connectivity index (χ2n) is 6.54. The summed E-state index contributed by atoms with van der Waals surface area (Å²) in [4.78, 5) is 30.1. The number of rotatable bonds is 4. The highest BCUT2D eigenvalue weighted by molar-refractivity contribution is 6.03. The number of benzene rings is 1. The predicted octanol–water partition coefficient (Wildman–Crippen LogP) is 2.97. The van der Waals surface area contributed by atoms with Crippen molar-refractivity contribution in [3.8, 4) is 0 Å². The monoisotopic (exact) mass is 364 g/mol. The standard InChI is InChI=1S/C19H20N6O2/c1-12(13-6-3-2-4-7-13)21-19(27)22-16-10-15-14(11-20-16)18(24-23-15)25-9-5-8-17(25)26/h2-4,6-7,10-12H,5,8-9H2,1H3,(H,23,24)(H2,20,21,22,27)/t12-/m1/s1. The van der Waals surface area contributed by atoms with Crippen LogP contribution in [0.2, 0.25) is 0 Å². The molecular weight excluding hydrogens is 344 g/mol. The summed E-state index contributed by atoms with van der Waals surface area (Å²) in [5, 5.41) is 13.5. The molecule has 1 aliphatic heterocycles. The first kappa shape index (κ1) is 17.0. The minimum atomic E-state index is -0.340. The van der Waals surface area contributed by atoms with E-state index in [0.29, 0.717) is 30.1 Å². The van der Waals surface area contributed by atoms with Crippen molar-refractivity contribution in [3.63, 3.8) is 0 Å². The summed E-state index contributed by atoms with van der Waals surface area (Å²) in [7, 11) is 0. The predicted molar refractivity (Wildman–Crippen MR) is 102 cm³/mol. The summed E-state index contributed by atoms with van der Waals surface area (Å²) in [5.41, 5.74) is 1.73. The Labute approximate surface area is 156 Å². The van der Waals surface area contributed by atoms with E-state index >= 15 is 0 Å². The Morgan fingerprint density at radius 3 is 2.85 bits per heavy atom. The van der Waals surface area contributed by atoms with Gasteiger partial charge in [0.15, 0.2) is 5.82 Å². The van der Waals surface area contributed by atoms with E-state index in [1.165, 1.54) is 0 Å². The van der Waals surface area contributed by atoms with Crippen molar-refractivity contribution in [2.24, 2.45) is 0 Å². The van der Waals surface area contributed by atoms with E-state index in [9.17, 15) is 9.59 Å². The molecule has 0 saturated carbocycles. The molecule has 1 fully saturated rings. The number of hydrogen-bond acceptors (Lipinski definition) is 4. The summed E-state index contributed by atoms with van der Waals surface area (Å²) in [6.45, 7) is 2.58. The van der Waals surface area contributed by atoms with Crippen LogP contribution in [0.3, 0.4) is 0 Å². The number of nitrogens with one attached hydrogen (secondary N) is 3. The molecule has 1 aliphatic rings. The lowest BCUT2D eigenvalue weighted by atomic mass is 10.1. The second-order valence-corrected chi connectivity index (χ2v) is 6.54. The molecule has 3 N–H and O–H groups in total. The summed E-state index contributed by atoms with van der Waals surface area (Å²) >= 11 is 0. The molecule has 2 aromatic heterocycles. The van der Waals surface area contributed by atoms with Gasteiger partial charge in [0.1, 0.15) is 5.82 Å². The third kappa shape index (κ3) is 3.46. The average Bonchev–Trinajstić information content (AvgIpc) is 3.27. The first-order valence-electron chi connectivity index (χ1n) is 8.89. The highest BCUT2D eigenvalue weighted by atomic mass is 16.2. The van der Waals surface area contributed by atoms with Gasteiger partial charge < -0.3 is 5.32 Å². The van der Waals surface area contributed by atoms with Crippen LogP contribution in [0.1, 0.15) is 31.4 Å². The number of aromatic amines is 1. The quantitative estimate of drug-likeness (QED) is 0.662. The van der Waals surface area contributed by atoms with Crippen LogP contribution in [-0.2, 0) is 4.79 Å². The number of hydrogen-bond donors (Lipinski definition) is 3. The van der Waals surface area contributed by atoms with Crippen LogP contribution in [-0.4, -0.2) is 33.7 Å². The smallest absolute Gasteiger partial charge is 0.320 e. The molecule has 0 aliphatic carbocycles. The maximum absolute atomic E-state index is 12.2. The highest BCUT2D eigenvalue weighted by Crippen LogP contribution is 2.28. The zero-order chi connectivity index (χ0) is 18.8. The molecule has 3 aromatic rings. The third-order valence-corrected chi connectivity index (χ3v) is 4.64. The number of urea groups is 1. The number of anilines is 2. The van der Waals surface area contributed by atoms with Crippen molar-refractivity contribution >= 4 is 34.5 Å². The van der Waals surface area contributed by atoms with Crippen LogP contribution < -0.4 is 15.5 Å². The van der Waals surface area contributed by atoms with E-state index < -0.39 is 0 Å². The Hall–Kier alpha value is -3.42. The molecule has 1 atom stereocenters. The van der Waals surface area contributed by atoms with Gasteiger partial charge in [0, 0.05) is 25.2 Å². The van der Waals surface area contributed by atoms with E-state index in [1.807, 2.05) is 37.3 Å². The molecule has 8 heteroatoms. The Bertz CT molecular complexity index is 984. The van der Waals surface area contributed by atoms with E-state index in [2.05, 4.69) is 25.8 Å². The van der Waals surface area contributed by atoms with Crippen molar-refractivity contribution in [3.05, 3.63) is 48.2 Å². The van der Waals surface area contributed by atoms with Gasteiger partial charge in [0.2, 0.25) is 5.91 Å². The largest absolute Gasteiger partial charge is 0.331 e. The SMILES string of the molecule is C[C@@H](NC(=O)Nc1cc2[nH]nc(N3CCCC3=O)c2cn1)c1ccccc1. The Balaban J connectivity index is 1.46. The fraction of sp³-hybridized carbons (Fsp3) is 0.263. The first-order chi connectivity index (χ1) is 13.1. The maximum atomic E-state index is 12.2. The molecule has 8 nitrogen and oxygen atoms in total. The second kappa shape index (κ2) is 7.06. The highest BCUT2D eigenvalue weighted by Gasteiger charge is 2.25. The first-order valence-corrected chi connectivity index (χ1v) is 8.89. The van der Waals surface area contributed by atoms with Crippen LogP contribution in [0.5, 0.6) is 0 Å². The van der Waals surface area contributed by atoms with Gasteiger partial charge in [-0.05, 0) is 18.9 Å². The molecule has 0 unspecified atom stereocenters. The summed E-state index contributed by atoms with van der Waals surface area (Å²) < 4.78 is 0. The molecule has 3 amide bonds. The number of carbonyl (C=O) groups excluding carboxylic acids is 2. The normalized spacial score (nSPS) is 15.1. The number of nitrogens with zero attached hydrogens (tertiary/aromatic N) is 3. The van der Waals surface area contributed by atoms with E-state index in [4.69, 9.17) is 0 Å². The number of pyridine rings is 1. The average molecular weight is 364 g/mol. The Kier molecular flexibility index (Phi) is 4.45. The molecule has 4 rings (SSSR count). The van der Waals surface area contributed by atoms with Gasteiger partial charge in [0.05, 0.1) is 16.9 Å². The molecule has 138 valence electrons. The van der Waals surface area contributed by atoms with Crippen molar-refractivity contribution in [1.29, 1.82) is 0 Å². The van der Waals surface area contributed by atoms with Crippen molar-refractivity contribution < 1.29 is 9.59 Å². The minimum Gasteiger partial charge on any atom is -0.331 e. The molecule has 3 heterocycles. The molecule has 1 saturated heterocycles. The summed E-state index contributed by atoms with van der Waals surface area (Å²) in [6.07, 6.45) is 3.00. The van der Waals surface area contributed by atoms with Gasteiger partial charge in [-0.2, -0.15) is 5.10 Å². The third-order valence-electron chi connectivity index (χ3n) is 4.64. The van der Waals surface area contributed by atoms with Gasteiger partial charge in [-0.25, -0.2) is 9.78 Å². The fourth-order valence-corrected chi connectivity index (χ4v) is 3.22. The number of fused-ring (bicyclic) bond motifs is 1. The zero-order valence-corrected chi connectivity index (χ0v) is 14.9. The molecule has 0 bridgehead atoms. The lowest BCUT2D eigenvalue weighted by Crippen LogP contribution is -2.31. The minimum absolute atomic E-state index is 0.0693. The number of amides is 3. The van der Waals surface area contributed by atoms with Crippen molar-refractivity contribution in [1.82, 2.24) is 20.5 Å². The molecule has 1 aromatic carbocycles. The summed E-state index contributed by atoms with van der Waals surface area (Å²) in [6, 6.07) is 11.0. The van der Waals surface area contributed by atoms with Crippen LogP contribution >= 0.6 is 0 Å². The van der Waals surface area contributed by atoms with Crippen LogP contribution in [0.15, 0.2) is 42.6 Å². The van der Waals surface area contributed by atoms with Gasteiger partial charge in [0.25, 0.3) is 0 Å². The number of aromatic nitrogens is 3. The molecular formula is C19H20N6O2. The van der Waals surface area contributed by atoms with E-state index in [-0.39, 0.29) is 18.0 Å². The van der Waals surface area contributed by atoms with Crippen LogP contribution in [0, 0.1) is 0 Å². The number of carbonyl (C=O) groups is 2. The molecule has 0 spiro atoms. The van der Waals surface area contributed by atoms with Crippen molar-refractivity contribution in [2.45, 2.75) is 25.8 Å². The van der Waals surface area contributed by atoms with Gasteiger partial charge in [-0.3, -0.25) is 20.1 Å². The summed E-state index contributed by atoms with van der Waals surface area (Å²) in [5.74, 6) is 1.07. The molecule has 27 heavy (non-hydrogen) atoms. The fourth-order valence-electron chi connectivity index (χ4n) is 3.22. The number of H-pyrrole nitrogens is 1. The van der Waals surface area contributed by atoms with E-state index in [1.54, 1.807) is 17.2 Å². The van der Waals surface area contributed by atoms with E-state index in [0.717, 1.165) is 17.4 Å². The Morgan fingerprint density at radius 2 is 2.11 bits per heavy atom.